The molecule has 2 atom stereocenters. The topological polar surface area (TPSA) is 68.3 Å². The Morgan fingerprint density at radius 2 is 2.05 bits per heavy atom. The molecule has 0 aliphatic heterocycles. The molecule has 0 bridgehead atoms. The van der Waals surface area contributed by atoms with Gasteiger partial charge in [-0.25, -0.2) is 4.98 Å². The fourth-order valence-corrected chi connectivity index (χ4v) is 2.87. The lowest BCUT2D eigenvalue weighted by molar-refractivity contribution is -0.147. The Hall–Kier alpha value is -1.43. The lowest BCUT2D eigenvalue weighted by Gasteiger charge is -2.26. The molecule has 1 aromatic heterocycles. The Kier molecular flexibility index (Phi) is 5.33. The van der Waals surface area contributed by atoms with Gasteiger partial charge >= 0.3 is 5.97 Å². The first-order chi connectivity index (χ1) is 10.0. The van der Waals surface area contributed by atoms with Crippen LogP contribution < -0.4 is 5.32 Å². The summed E-state index contributed by atoms with van der Waals surface area (Å²) in [6.45, 7) is 1.87. The van der Waals surface area contributed by atoms with Crippen molar-refractivity contribution in [3.63, 3.8) is 0 Å². The van der Waals surface area contributed by atoms with Crippen LogP contribution in [0.25, 0.3) is 0 Å². The molecular weight excluding hydrogens is 336 g/mol. The van der Waals surface area contributed by atoms with E-state index in [0.717, 1.165) is 29.4 Å². The van der Waals surface area contributed by atoms with E-state index >= 15 is 0 Å². The van der Waals surface area contributed by atoms with Gasteiger partial charge in [-0.2, -0.15) is 0 Å². The molecule has 1 N–H and O–H groups in total. The molecule has 1 aromatic rings. The summed E-state index contributed by atoms with van der Waals surface area (Å²) in [5.41, 5.74) is 0.823. The molecule has 1 saturated carbocycles. The minimum absolute atomic E-state index is 0.0715. The summed E-state index contributed by atoms with van der Waals surface area (Å²) in [6, 6.07) is 3.62. The van der Waals surface area contributed by atoms with Gasteiger partial charge in [-0.3, -0.25) is 9.59 Å². The molecule has 0 spiro atoms. The fraction of sp³-hybridized carbons (Fsp3) is 0.533. The molecule has 1 heterocycles. The number of anilines is 1. The summed E-state index contributed by atoms with van der Waals surface area (Å²) in [6.07, 6.45) is 3.01. The SMILES string of the molecule is COC(=O)[C@@H]1CCC[C@H](C(=O)Nc2ccc(Br)c(C)n2)C1. The number of carbonyl (C=O) groups excluding carboxylic acids is 2. The molecule has 0 saturated heterocycles. The van der Waals surface area contributed by atoms with Crippen molar-refractivity contribution >= 4 is 33.6 Å². The molecule has 1 aliphatic carbocycles. The van der Waals surface area contributed by atoms with Crippen LogP contribution in [0.1, 0.15) is 31.4 Å². The molecule has 1 fully saturated rings. The normalized spacial score (nSPS) is 21.7. The summed E-state index contributed by atoms with van der Waals surface area (Å²) in [5, 5.41) is 2.83. The standard InChI is InChI=1S/C15H19BrN2O3/c1-9-12(16)6-7-13(17-9)18-14(19)10-4-3-5-11(8-10)15(20)21-2/h6-7,10-11H,3-5,8H2,1-2H3,(H,17,18,19)/t10-,11+/m0/s1. The number of esters is 1. The van der Waals surface area contributed by atoms with Gasteiger partial charge in [-0.15, -0.1) is 0 Å². The minimum atomic E-state index is -0.217. The van der Waals surface area contributed by atoms with Crippen molar-refractivity contribution in [1.29, 1.82) is 0 Å². The maximum absolute atomic E-state index is 12.3. The molecule has 5 nitrogen and oxygen atoms in total. The lowest BCUT2D eigenvalue weighted by atomic mass is 9.81. The van der Waals surface area contributed by atoms with Crippen molar-refractivity contribution in [3.05, 3.63) is 22.3 Å². The zero-order valence-corrected chi connectivity index (χ0v) is 13.8. The van der Waals surface area contributed by atoms with Gasteiger partial charge in [-0.05, 0) is 54.2 Å². The fourth-order valence-electron chi connectivity index (χ4n) is 2.65. The predicted molar refractivity (Wildman–Crippen MR) is 82.8 cm³/mol. The number of rotatable bonds is 3. The largest absolute Gasteiger partial charge is 0.469 e. The van der Waals surface area contributed by atoms with Crippen LogP contribution in [0.5, 0.6) is 0 Å². The number of nitrogens with one attached hydrogen (secondary N) is 1. The first-order valence-corrected chi connectivity index (χ1v) is 7.82. The molecule has 0 aromatic carbocycles. The Morgan fingerprint density at radius 1 is 1.33 bits per heavy atom. The lowest BCUT2D eigenvalue weighted by Crippen LogP contribution is -2.31. The van der Waals surface area contributed by atoms with Crippen LogP contribution in [0.15, 0.2) is 16.6 Å². The third-order valence-corrected chi connectivity index (χ3v) is 4.69. The van der Waals surface area contributed by atoms with E-state index in [0.29, 0.717) is 12.2 Å². The molecule has 1 aliphatic rings. The molecular formula is C15H19BrN2O3. The zero-order chi connectivity index (χ0) is 15.4. The monoisotopic (exact) mass is 354 g/mol. The van der Waals surface area contributed by atoms with E-state index in [1.165, 1.54) is 7.11 Å². The number of amides is 1. The molecule has 1 amide bonds. The summed E-state index contributed by atoms with van der Waals surface area (Å²) >= 11 is 3.38. The van der Waals surface area contributed by atoms with Gasteiger partial charge in [-0.1, -0.05) is 6.42 Å². The number of hydrogen-bond acceptors (Lipinski definition) is 4. The van der Waals surface area contributed by atoms with Crippen LogP contribution in [0.4, 0.5) is 5.82 Å². The summed E-state index contributed by atoms with van der Waals surface area (Å²) < 4.78 is 5.68. The Morgan fingerprint density at radius 3 is 2.71 bits per heavy atom. The van der Waals surface area contributed by atoms with Crippen molar-refractivity contribution in [1.82, 2.24) is 4.98 Å². The average Bonchev–Trinajstić information content (AvgIpc) is 2.50. The maximum Gasteiger partial charge on any atom is 0.308 e. The summed E-state index contributed by atoms with van der Waals surface area (Å²) in [5.74, 6) is -0.0726. The highest BCUT2D eigenvalue weighted by Gasteiger charge is 2.31. The highest BCUT2D eigenvalue weighted by Crippen LogP contribution is 2.30. The van der Waals surface area contributed by atoms with E-state index in [4.69, 9.17) is 4.74 Å². The number of pyridine rings is 1. The quantitative estimate of drug-likeness (QED) is 0.847. The Balaban J connectivity index is 1.99. The summed E-state index contributed by atoms with van der Waals surface area (Å²) in [4.78, 5) is 28.2. The second-order valence-corrected chi connectivity index (χ2v) is 6.19. The van der Waals surface area contributed by atoms with Crippen LogP contribution >= 0.6 is 15.9 Å². The second kappa shape index (κ2) is 7.02. The van der Waals surface area contributed by atoms with E-state index < -0.39 is 0 Å². The van der Waals surface area contributed by atoms with Gasteiger partial charge < -0.3 is 10.1 Å². The Bertz CT molecular complexity index is 548. The smallest absolute Gasteiger partial charge is 0.308 e. The number of ether oxygens (including phenoxy) is 1. The number of aromatic nitrogens is 1. The number of methoxy groups -OCH3 is 1. The van der Waals surface area contributed by atoms with Crippen molar-refractivity contribution in [3.8, 4) is 0 Å². The van der Waals surface area contributed by atoms with Crippen LogP contribution in [-0.2, 0) is 14.3 Å². The van der Waals surface area contributed by atoms with Crippen molar-refractivity contribution < 1.29 is 14.3 Å². The molecule has 114 valence electrons. The molecule has 0 radical (unpaired) electrons. The highest BCUT2D eigenvalue weighted by molar-refractivity contribution is 9.10. The zero-order valence-electron chi connectivity index (χ0n) is 12.2. The van der Waals surface area contributed by atoms with Gasteiger partial charge in [0.05, 0.1) is 18.7 Å². The van der Waals surface area contributed by atoms with E-state index in [2.05, 4.69) is 26.2 Å². The summed E-state index contributed by atoms with van der Waals surface area (Å²) in [7, 11) is 1.39. The van der Waals surface area contributed by atoms with Crippen molar-refractivity contribution in [2.75, 3.05) is 12.4 Å². The van der Waals surface area contributed by atoms with Crippen molar-refractivity contribution in [2.45, 2.75) is 32.6 Å². The third kappa shape index (κ3) is 4.03. The average molecular weight is 355 g/mol. The van der Waals surface area contributed by atoms with Crippen LogP contribution in [-0.4, -0.2) is 24.0 Å². The first kappa shape index (κ1) is 15.9. The van der Waals surface area contributed by atoms with Gasteiger partial charge in [0.2, 0.25) is 5.91 Å². The number of aryl methyl sites for hydroxylation is 1. The van der Waals surface area contributed by atoms with Gasteiger partial charge in [0.1, 0.15) is 5.82 Å². The van der Waals surface area contributed by atoms with Crippen molar-refractivity contribution in [2.24, 2.45) is 11.8 Å². The van der Waals surface area contributed by atoms with Gasteiger partial charge in [0.25, 0.3) is 0 Å². The van der Waals surface area contributed by atoms with E-state index in [9.17, 15) is 9.59 Å². The second-order valence-electron chi connectivity index (χ2n) is 5.34. The molecule has 21 heavy (non-hydrogen) atoms. The number of nitrogens with zero attached hydrogens (tertiary/aromatic N) is 1. The number of carbonyl (C=O) groups is 2. The van der Waals surface area contributed by atoms with E-state index in [-0.39, 0.29) is 23.7 Å². The van der Waals surface area contributed by atoms with E-state index in [1.54, 1.807) is 6.07 Å². The van der Waals surface area contributed by atoms with Crippen LogP contribution in [0.3, 0.4) is 0 Å². The van der Waals surface area contributed by atoms with Gasteiger partial charge in [0, 0.05) is 10.4 Å². The van der Waals surface area contributed by atoms with Crippen LogP contribution in [0.2, 0.25) is 0 Å². The molecule has 2 rings (SSSR count). The van der Waals surface area contributed by atoms with Crippen LogP contribution in [0, 0.1) is 18.8 Å². The molecule has 0 unspecified atom stereocenters. The van der Waals surface area contributed by atoms with Gasteiger partial charge in [0.15, 0.2) is 0 Å². The number of hydrogen-bond donors (Lipinski definition) is 1. The Labute approximate surface area is 132 Å². The highest BCUT2D eigenvalue weighted by atomic mass is 79.9. The third-order valence-electron chi connectivity index (χ3n) is 3.85. The first-order valence-electron chi connectivity index (χ1n) is 7.03. The maximum atomic E-state index is 12.3. The minimum Gasteiger partial charge on any atom is -0.469 e. The van der Waals surface area contributed by atoms with E-state index in [1.807, 2.05) is 13.0 Å². The predicted octanol–water partition coefficient (Wildman–Crippen LogP) is 3.07. The number of halogens is 1. The molecule has 6 heteroatoms.